The number of nitrogens with one attached hydrogen (secondary N) is 3. The topological polar surface area (TPSA) is 142 Å². The molecule has 14 heteroatoms. The minimum absolute atomic E-state index is 0.0300. The quantitative estimate of drug-likeness (QED) is 0.221. The average Bonchev–Trinajstić information content (AvgIpc) is 3.42. The van der Waals surface area contributed by atoms with Crippen LogP contribution in [-0.4, -0.2) is 79.7 Å². The molecule has 1 fully saturated rings. The van der Waals surface area contributed by atoms with E-state index in [1.165, 1.54) is 12.1 Å². The number of anilines is 2. The molecule has 232 valence electrons. The lowest BCUT2D eigenvalue weighted by molar-refractivity contribution is 0.0981. The van der Waals surface area contributed by atoms with Gasteiger partial charge in [-0.1, -0.05) is 17.7 Å². The summed E-state index contributed by atoms with van der Waals surface area (Å²) in [6.45, 7) is 4.53. The second kappa shape index (κ2) is 12.2. The number of ether oxygens (including phenoxy) is 2. The number of aryl methyl sites for hydroxylation is 1. The molecule has 3 aromatic carbocycles. The SMILES string of the molecule is COc1cc2[nH]c3ncnc(N4CCN(C(=S)Nc5ccc(S(=O)(=O)NC(=O)c6ccc(C)cc6)cc5)CC4)c3c2cc1OC. The smallest absolute Gasteiger partial charge is 0.264 e. The molecule has 0 atom stereocenters. The van der Waals surface area contributed by atoms with Crippen LogP contribution in [0.15, 0.2) is 71.9 Å². The molecule has 3 heterocycles. The lowest BCUT2D eigenvalue weighted by Gasteiger charge is -2.37. The highest BCUT2D eigenvalue weighted by molar-refractivity contribution is 7.90. The largest absolute Gasteiger partial charge is 0.493 e. The first-order valence-electron chi connectivity index (χ1n) is 14.1. The molecule has 1 saturated heterocycles. The van der Waals surface area contributed by atoms with E-state index >= 15 is 0 Å². The van der Waals surface area contributed by atoms with Crippen LogP contribution >= 0.6 is 12.2 Å². The van der Waals surface area contributed by atoms with E-state index in [0.717, 1.165) is 33.3 Å². The van der Waals surface area contributed by atoms with Crippen molar-refractivity contribution in [1.29, 1.82) is 0 Å². The van der Waals surface area contributed by atoms with Crippen LogP contribution < -0.4 is 24.4 Å². The van der Waals surface area contributed by atoms with Gasteiger partial charge >= 0.3 is 0 Å². The molecule has 2 aromatic heterocycles. The number of nitrogens with zero attached hydrogens (tertiary/aromatic N) is 4. The van der Waals surface area contributed by atoms with Crippen LogP contribution in [0.1, 0.15) is 15.9 Å². The van der Waals surface area contributed by atoms with Crippen molar-refractivity contribution in [2.45, 2.75) is 11.8 Å². The molecule has 0 aliphatic carbocycles. The molecule has 0 unspecified atom stereocenters. The van der Waals surface area contributed by atoms with Gasteiger partial charge in [0.1, 0.15) is 17.8 Å². The minimum atomic E-state index is -4.05. The Bertz CT molecular complexity index is 2000. The second-order valence-electron chi connectivity index (χ2n) is 10.5. The summed E-state index contributed by atoms with van der Waals surface area (Å²) in [6, 6.07) is 16.6. The van der Waals surface area contributed by atoms with Crippen LogP contribution in [0.3, 0.4) is 0 Å². The highest BCUT2D eigenvalue weighted by atomic mass is 32.2. The number of aromatic nitrogens is 3. The summed E-state index contributed by atoms with van der Waals surface area (Å²) in [5, 5.41) is 5.57. The first-order valence-corrected chi connectivity index (χ1v) is 16.0. The number of hydrogen-bond acceptors (Lipinski definition) is 9. The molecule has 5 aromatic rings. The fraction of sp³-hybridized carbons (Fsp3) is 0.226. The third-order valence-corrected chi connectivity index (χ3v) is 9.40. The Balaban J connectivity index is 1.10. The number of thiocarbonyl (C=S) groups is 1. The maximum Gasteiger partial charge on any atom is 0.264 e. The highest BCUT2D eigenvalue weighted by Gasteiger charge is 2.24. The molecule has 45 heavy (non-hydrogen) atoms. The van der Waals surface area contributed by atoms with Gasteiger partial charge in [-0.25, -0.2) is 23.1 Å². The number of amides is 1. The Hall–Kier alpha value is -4.95. The van der Waals surface area contributed by atoms with E-state index in [1.54, 1.807) is 56.9 Å². The number of carbonyl (C=O) groups excluding carboxylic acids is 1. The molecule has 0 spiro atoms. The molecular formula is C31H31N7O5S2. The average molecular weight is 646 g/mol. The first kappa shape index (κ1) is 30.1. The second-order valence-corrected chi connectivity index (χ2v) is 12.6. The third-order valence-electron chi connectivity index (χ3n) is 7.70. The van der Waals surface area contributed by atoms with Crippen molar-refractivity contribution in [3.63, 3.8) is 0 Å². The van der Waals surface area contributed by atoms with E-state index in [0.29, 0.717) is 48.5 Å². The van der Waals surface area contributed by atoms with Gasteiger partial charge in [-0.15, -0.1) is 0 Å². The third kappa shape index (κ3) is 6.06. The molecule has 1 aliphatic heterocycles. The molecule has 0 saturated carbocycles. The number of benzene rings is 3. The van der Waals surface area contributed by atoms with E-state index < -0.39 is 15.9 Å². The Kier molecular flexibility index (Phi) is 8.16. The fourth-order valence-corrected chi connectivity index (χ4v) is 6.54. The lowest BCUT2D eigenvalue weighted by atomic mass is 10.1. The van der Waals surface area contributed by atoms with Crippen molar-refractivity contribution in [2.75, 3.05) is 50.6 Å². The molecule has 1 amide bonds. The van der Waals surface area contributed by atoms with Gasteiger partial charge in [-0.3, -0.25) is 4.79 Å². The van der Waals surface area contributed by atoms with E-state index in [2.05, 4.69) is 34.8 Å². The van der Waals surface area contributed by atoms with Crippen LogP contribution in [0.25, 0.3) is 21.9 Å². The van der Waals surface area contributed by atoms with Gasteiger partial charge in [0.15, 0.2) is 16.6 Å². The molecule has 0 bridgehead atoms. The van der Waals surface area contributed by atoms with Gasteiger partial charge < -0.3 is 29.6 Å². The van der Waals surface area contributed by atoms with Crippen molar-refractivity contribution < 1.29 is 22.7 Å². The Morgan fingerprint density at radius 3 is 2.27 bits per heavy atom. The summed E-state index contributed by atoms with van der Waals surface area (Å²) in [4.78, 5) is 29.1. The molecule has 0 radical (unpaired) electrons. The van der Waals surface area contributed by atoms with Gasteiger partial charge in [0.05, 0.1) is 30.0 Å². The zero-order valence-electron chi connectivity index (χ0n) is 24.8. The van der Waals surface area contributed by atoms with Crippen molar-refractivity contribution in [3.05, 3.63) is 78.1 Å². The zero-order chi connectivity index (χ0) is 31.7. The van der Waals surface area contributed by atoms with Crippen molar-refractivity contribution >= 4 is 66.7 Å². The summed E-state index contributed by atoms with van der Waals surface area (Å²) in [5.74, 6) is 1.38. The zero-order valence-corrected chi connectivity index (χ0v) is 26.5. The van der Waals surface area contributed by atoms with Gasteiger partial charge in [-0.2, -0.15) is 0 Å². The Morgan fingerprint density at radius 1 is 0.933 bits per heavy atom. The van der Waals surface area contributed by atoms with Crippen LogP contribution in [0.2, 0.25) is 0 Å². The summed E-state index contributed by atoms with van der Waals surface area (Å²) < 4.78 is 38.7. The number of fused-ring (bicyclic) bond motifs is 3. The first-order chi connectivity index (χ1) is 21.7. The van der Waals surface area contributed by atoms with Crippen molar-refractivity contribution in [3.8, 4) is 11.5 Å². The number of hydrogen-bond donors (Lipinski definition) is 3. The summed E-state index contributed by atoms with van der Waals surface area (Å²) in [6.07, 6.45) is 1.55. The number of piperazine rings is 1. The number of rotatable bonds is 7. The number of aromatic amines is 1. The van der Waals surface area contributed by atoms with Crippen LogP contribution in [0.4, 0.5) is 11.5 Å². The molecule has 6 rings (SSSR count). The van der Waals surface area contributed by atoms with E-state index in [9.17, 15) is 13.2 Å². The van der Waals surface area contributed by atoms with E-state index in [-0.39, 0.29) is 10.5 Å². The predicted octanol–water partition coefficient (Wildman–Crippen LogP) is 4.07. The summed E-state index contributed by atoms with van der Waals surface area (Å²) >= 11 is 5.68. The predicted molar refractivity (Wildman–Crippen MR) is 177 cm³/mol. The van der Waals surface area contributed by atoms with E-state index in [1.807, 2.05) is 19.1 Å². The monoisotopic (exact) mass is 645 g/mol. The number of carbonyl (C=O) groups is 1. The fourth-order valence-electron chi connectivity index (χ4n) is 5.26. The van der Waals surface area contributed by atoms with E-state index in [4.69, 9.17) is 21.7 Å². The number of sulfonamides is 1. The van der Waals surface area contributed by atoms with Crippen molar-refractivity contribution in [1.82, 2.24) is 24.6 Å². The van der Waals surface area contributed by atoms with Crippen molar-refractivity contribution in [2.24, 2.45) is 0 Å². The molecular weight excluding hydrogens is 615 g/mol. The summed E-state index contributed by atoms with van der Waals surface area (Å²) in [5.41, 5.74) is 3.47. The molecule has 3 N–H and O–H groups in total. The van der Waals surface area contributed by atoms with Crippen LogP contribution in [0, 0.1) is 6.92 Å². The minimum Gasteiger partial charge on any atom is -0.493 e. The van der Waals surface area contributed by atoms with Gasteiger partial charge in [0.2, 0.25) is 0 Å². The number of H-pyrrole nitrogens is 1. The van der Waals surface area contributed by atoms with Crippen LogP contribution in [-0.2, 0) is 10.0 Å². The molecule has 12 nitrogen and oxygen atoms in total. The molecule has 1 aliphatic rings. The normalized spacial score (nSPS) is 13.6. The van der Waals surface area contributed by atoms with Gasteiger partial charge in [0.25, 0.3) is 15.9 Å². The Labute approximate surface area is 265 Å². The highest BCUT2D eigenvalue weighted by Crippen LogP contribution is 2.38. The maximum atomic E-state index is 12.8. The lowest BCUT2D eigenvalue weighted by Crippen LogP contribution is -2.50. The Morgan fingerprint density at radius 2 is 1.60 bits per heavy atom. The van der Waals surface area contributed by atoms with Gasteiger partial charge in [0, 0.05) is 48.9 Å². The van der Waals surface area contributed by atoms with Gasteiger partial charge in [-0.05, 0) is 61.6 Å². The van der Waals surface area contributed by atoms with Crippen LogP contribution in [0.5, 0.6) is 11.5 Å². The summed E-state index contributed by atoms with van der Waals surface area (Å²) in [7, 11) is -0.842. The number of methoxy groups -OCH3 is 2. The maximum absolute atomic E-state index is 12.8. The standard InChI is InChI=1S/C31H31N7O5S2/c1-19-4-6-20(7-5-19)30(39)36-45(40,41)22-10-8-21(9-11-22)34-31(44)38-14-12-37(13-15-38)29-27-23-16-25(42-2)26(43-3)17-24(23)35-28(27)32-18-33-29/h4-11,16-18H,12-15H2,1-3H3,(H,34,44)(H,36,39)(H,32,33,35).